The van der Waals surface area contributed by atoms with Crippen molar-refractivity contribution in [2.75, 3.05) is 19.5 Å². The number of nitrogens with zero attached hydrogens (tertiary/aromatic N) is 1. The second-order valence-corrected chi connectivity index (χ2v) is 4.09. The first-order chi connectivity index (χ1) is 9.74. The number of nitrogens with one attached hydrogen (secondary N) is 2. The van der Waals surface area contributed by atoms with Gasteiger partial charge in [0.25, 0.3) is 5.91 Å². The first-order valence-corrected chi connectivity index (χ1v) is 6.15. The van der Waals surface area contributed by atoms with Crippen LogP contribution < -0.4 is 16.1 Å². The molecule has 0 saturated heterocycles. The van der Waals surface area contributed by atoms with Gasteiger partial charge in [0.1, 0.15) is 0 Å². The molecule has 0 radical (unpaired) electrons. The van der Waals surface area contributed by atoms with E-state index in [1.807, 2.05) is 30.3 Å². The zero-order chi connectivity index (χ0) is 14.4. The van der Waals surface area contributed by atoms with Crippen LogP contribution in [0.25, 0.3) is 0 Å². The maximum Gasteiger partial charge on any atom is 0.252 e. The van der Waals surface area contributed by atoms with Crippen molar-refractivity contribution in [1.82, 2.24) is 10.3 Å². The minimum absolute atomic E-state index is 0.186. The molecular weight excluding hydrogens is 256 g/mol. The van der Waals surface area contributed by atoms with Crippen LogP contribution in [-0.4, -0.2) is 25.0 Å². The summed E-state index contributed by atoms with van der Waals surface area (Å²) in [6.07, 6.45) is 1.52. The van der Waals surface area contributed by atoms with Crippen LogP contribution in [0.3, 0.4) is 0 Å². The lowest BCUT2D eigenvalue weighted by molar-refractivity contribution is -0.829. The van der Waals surface area contributed by atoms with Crippen molar-refractivity contribution in [2.45, 2.75) is 0 Å². The van der Waals surface area contributed by atoms with Crippen molar-refractivity contribution in [2.24, 2.45) is 0 Å². The van der Waals surface area contributed by atoms with E-state index in [-0.39, 0.29) is 5.91 Å². The Morgan fingerprint density at radius 3 is 2.70 bits per heavy atom. The summed E-state index contributed by atoms with van der Waals surface area (Å²) in [7, 11) is 3.14. The van der Waals surface area contributed by atoms with E-state index in [1.54, 1.807) is 25.7 Å². The molecule has 0 aliphatic carbocycles. The smallest absolute Gasteiger partial charge is 0.252 e. The second-order valence-electron chi connectivity index (χ2n) is 4.09. The first-order valence-electron chi connectivity index (χ1n) is 6.15. The number of quaternary nitrogens is 1. The molecule has 0 atom stereocenters. The zero-order valence-electron chi connectivity index (χ0n) is 11.4. The summed E-state index contributed by atoms with van der Waals surface area (Å²) >= 11 is 0. The van der Waals surface area contributed by atoms with Gasteiger partial charge in [-0.05, 0) is 12.1 Å². The molecule has 0 bridgehead atoms. The predicted octanol–water partition coefficient (Wildman–Crippen LogP) is 0.941. The molecule has 2 rings (SSSR count). The van der Waals surface area contributed by atoms with E-state index < -0.39 is 0 Å². The third-order valence-electron chi connectivity index (χ3n) is 2.69. The maximum atomic E-state index is 11.6. The average molecular weight is 273 g/mol. The van der Waals surface area contributed by atoms with Gasteiger partial charge in [-0.1, -0.05) is 18.2 Å². The van der Waals surface area contributed by atoms with Gasteiger partial charge in [0, 0.05) is 25.0 Å². The zero-order valence-corrected chi connectivity index (χ0v) is 11.4. The van der Waals surface area contributed by atoms with Crippen molar-refractivity contribution in [3.8, 4) is 0 Å². The van der Waals surface area contributed by atoms with Gasteiger partial charge in [0.15, 0.2) is 5.82 Å². The van der Waals surface area contributed by atoms with Crippen molar-refractivity contribution >= 4 is 23.1 Å². The van der Waals surface area contributed by atoms with Gasteiger partial charge in [-0.3, -0.25) is 4.79 Å². The van der Waals surface area contributed by atoms with E-state index in [2.05, 4.69) is 15.6 Å². The molecule has 0 fully saturated rings. The normalized spacial score (nSPS) is 10.1. The summed E-state index contributed by atoms with van der Waals surface area (Å²) in [5.41, 5.74) is 3.65. The van der Waals surface area contributed by atoms with Gasteiger partial charge < -0.3 is 10.6 Å². The number of benzene rings is 1. The fourth-order valence-corrected chi connectivity index (χ4v) is 1.73. The van der Waals surface area contributed by atoms with Crippen molar-refractivity contribution in [1.29, 1.82) is 0 Å². The monoisotopic (exact) mass is 273 g/mol. The molecule has 1 amide bonds. The molecule has 0 unspecified atom stereocenters. The van der Waals surface area contributed by atoms with Crippen molar-refractivity contribution < 1.29 is 15.1 Å². The molecule has 0 saturated carbocycles. The number of para-hydroxylation sites is 1. The number of pyridine rings is 1. The van der Waals surface area contributed by atoms with Crippen LogP contribution in [0, 0.1) is 0 Å². The molecule has 1 heterocycles. The summed E-state index contributed by atoms with van der Waals surface area (Å²) in [6, 6.07) is 11.4. The summed E-state index contributed by atoms with van der Waals surface area (Å²) in [5.74, 6) is 0.445. The largest absolute Gasteiger partial charge is 0.355 e. The molecular formula is C14H17N4O2+. The Morgan fingerprint density at radius 1 is 1.30 bits per heavy atom. The van der Waals surface area contributed by atoms with Crippen LogP contribution >= 0.6 is 0 Å². The number of hydrogen-bond donors (Lipinski definition) is 3. The third-order valence-corrected chi connectivity index (χ3v) is 2.69. The highest BCUT2D eigenvalue weighted by molar-refractivity contribution is 5.94. The van der Waals surface area contributed by atoms with Gasteiger partial charge in [-0.15, -0.1) is 0 Å². The Bertz CT molecular complexity index is 587. The number of aromatic nitrogens is 1. The molecule has 6 heteroatoms. The molecule has 0 aliphatic rings. The Balaban J connectivity index is 2.30. The molecule has 6 nitrogen and oxygen atoms in total. The fraction of sp³-hybridized carbons (Fsp3) is 0.143. The number of anilines is 2. The quantitative estimate of drug-likeness (QED) is 0.708. The molecule has 4 N–H and O–H groups in total. The van der Waals surface area contributed by atoms with Crippen LogP contribution in [0.5, 0.6) is 0 Å². The van der Waals surface area contributed by atoms with Crippen molar-refractivity contribution in [3.63, 3.8) is 0 Å². The number of carbonyl (C=O) groups is 1. The lowest BCUT2D eigenvalue weighted by atomic mass is 10.2. The molecule has 0 spiro atoms. The Labute approximate surface area is 117 Å². The highest BCUT2D eigenvalue weighted by Crippen LogP contribution is 2.20. The molecule has 1 aromatic heterocycles. The Kier molecular flexibility index (Phi) is 4.65. The van der Waals surface area contributed by atoms with E-state index in [9.17, 15) is 4.79 Å². The fourth-order valence-electron chi connectivity index (χ4n) is 1.73. The number of amides is 1. The number of nitrogens with two attached hydrogens (primary N) is 1. The predicted molar refractivity (Wildman–Crippen MR) is 75.9 cm³/mol. The minimum Gasteiger partial charge on any atom is -0.355 e. The van der Waals surface area contributed by atoms with Crippen LogP contribution in [0.2, 0.25) is 0 Å². The summed E-state index contributed by atoms with van der Waals surface area (Å²) in [5, 5.41) is 5.75. The van der Waals surface area contributed by atoms with Crippen LogP contribution in [-0.2, 0) is 4.84 Å². The first kappa shape index (κ1) is 14.0. The van der Waals surface area contributed by atoms with Crippen LogP contribution in [0.15, 0.2) is 42.6 Å². The SMILES string of the molecule is CNC(=O)c1cnc(Nc2ccccc2)c([NH2+]OC)c1. The Morgan fingerprint density at radius 2 is 2.05 bits per heavy atom. The minimum atomic E-state index is -0.186. The van der Waals surface area contributed by atoms with Crippen LogP contribution in [0.1, 0.15) is 10.4 Å². The van der Waals surface area contributed by atoms with E-state index >= 15 is 0 Å². The van der Waals surface area contributed by atoms with E-state index in [4.69, 9.17) is 4.84 Å². The number of rotatable bonds is 5. The lowest BCUT2D eigenvalue weighted by Gasteiger charge is -2.09. The van der Waals surface area contributed by atoms with E-state index in [1.165, 1.54) is 6.20 Å². The van der Waals surface area contributed by atoms with Crippen molar-refractivity contribution in [3.05, 3.63) is 48.2 Å². The Hall–Kier alpha value is -2.44. The van der Waals surface area contributed by atoms with Gasteiger partial charge >= 0.3 is 0 Å². The molecule has 1 aromatic carbocycles. The van der Waals surface area contributed by atoms with Gasteiger partial charge in [0.2, 0.25) is 5.69 Å². The lowest BCUT2D eigenvalue weighted by Crippen LogP contribution is -2.76. The molecule has 104 valence electrons. The van der Waals surface area contributed by atoms with E-state index in [0.717, 1.165) is 5.69 Å². The van der Waals surface area contributed by atoms with Gasteiger partial charge in [-0.25, -0.2) is 9.82 Å². The number of hydrogen-bond acceptors (Lipinski definition) is 4. The number of carbonyl (C=O) groups excluding carboxylic acids is 1. The third kappa shape index (κ3) is 3.31. The van der Waals surface area contributed by atoms with E-state index in [0.29, 0.717) is 17.1 Å². The summed E-state index contributed by atoms with van der Waals surface area (Å²) in [6.45, 7) is 0. The topological polar surface area (TPSA) is 79.9 Å². The molecule has 2 aromatic rings. The maximum absolute atomic E-state index is 11.6. The van der Waals surface area contributed by atoms with Crippen LogP contribution in [0.4, 0.5) is 17.2 Å². The average Bonchev–Trinajstić information content (AvgIpc) is 2.49. The second kappa shape index (κ2) is 6.65. The summed E-state index contributed by atoms with van der Waals surface area (Å²) < 4.78 is 0. The standard InChI is InChI=1S/C14H16N4O2/c1-15-14(19)10-8-12(18-20-2)13(16-9-10)17-11-6-4-3-5-7-11/h3-9,18H,1-2H3,(H,15,19)(H,16,17)/p+1. The molecule has 20 heavy (non-hydrogen) atoms. The summed E-state index contributed by atoms with van der Waals surface area (Å²) in [4.78, 5) is 20.9. The molecule has 0 aliphatic heterocycles. The van der Waals surface area contributed by atoms with Gasteiger partial charge in [0.05, 0.1) is 12.7 Å². The highest BCUT2D eigenvalue weighted by Gasteiger charge is 2.13. The highest BCUT2D eigenvalue weighted by atomic mass is 16.6. The van der Waals surface area contributed by atoms with Gasteiger partial charge in [-0.2, -0.15) is 5.48 Å².